The van der Waals surface area contributed by atoms with Crippen LogP contribution in [-0.2, 0) is 11.2 Å². The van der Waals surface area contributed by atoms with Crippen LogP contribution in [-0.4, -0.2) is 18.2 Å². The van der Waals surface area contributed by atoms with E-state index in [-0.39, 0.29) is 17.6 Å². The molecule has 0 spiro atoms. The summed E-state index contributed by atoms with van der Waals surface area (Å²) < 4.78 is 0. The van der Waals surface area contributed by atoms with Crippen molar-refractivity contribution in [3.63, 3.8) is 0 Å². The Hall–Kier alpha value is -1.64. The Balaban J connectivity index is 1.91. The van der Waals surface area contributed by atoms with Crippen molar-refractivity contribution in [2.24, 2.45) is 5.92 Å². The van der Waals surface area contributed by atoms with Gasteiger partial charge in [-0.15, -0.1) is 0 Å². The first kappa shape index (κ1) is 12.4. The number of fused-ring (bicyclic) bond motifs is 1. The molecule has 0 saturated heterocycles. The second-order valence-electron chi connectivity index (χ2n) is 5.62. The van der Waals surface area contributed by atoms with Crippen LogP contribution in [0.5, 0.6) is 0 Å². The second-order valence-corrected chi connectivity index (χ2v) is 5.62. The maximum atomic E-state index is 12.4. The molecule has 0 aromatic heterocycles. The smallest absolute Gasteiger partial charge is 0.230 e. The first-order chi connectivity index (χ1) is 9.16. The van der Waals surface area contributed by atoms with Gasteiger partial charge in [0.05, 0.1) is 0 Å². The number of ketones is 1. The molecule has 19 heavy (non-hydrogen) atoms. The number of anilines is 1. The van der Waals surface area contributed by atoms with Crippen LogP contribution >= 0.6 is 0 Å². The molecule has 1 heterocycles. The largest absolute Gasteiger partial charge is 0.312 e. The summed E-state index contributed by atoms with van der Waals surface area (Å²) in [6.45, 7) is 2.41. The molecule has 1 aliphatic heterocycles. The minimum Gasteiger partial charge on any atom is -0.312 e. The SMILES string of the molecule is CC(=O)c1ccc2c(c1)CCCN2C(=O)C1CCC1. The monoisotopic (exact) mass is 257 g/mol. The zero-order valence-electron chi connectivity index (χ0n) is 11.3. The standard InChI is InChI=1S/C16H19NO2/c1-11(18)13-7-8-15-14(10-13)6-3-9-17(15)16(19)12-4-2-5-12/h7-8,10,12H,2-6,9H2,1H3. The molecule has 1 aromatic rings. The van der Waals surface area contributed by atoms with Gasteiger partial charge in [-0.3, -0.25) is 9.59 Å². The van der Waals surface area contributed by atoms with Crippen molar-refractivity contribution in [2.75, 3.05) is 11.4 Å². The summed E-state index contributed by atoms with van der Waals surface area (Å²) in [4.78, 5) is 25.8. The van der Waals surface area contributed by atoms with Gasteiger partial charge in [0.15, 0.2) is 5.78 Å². The van der Waals surface area contributed by atoms with Gasteiger partial charge in [-0.05, 0) is 56.4 Å². The topological polar surface area (TPSA) is 37.4 Å². The number of carbonyl (C=O) groups is 2. The fourth-order valence-corrected chi connectivity index (χ4v) is 2.92. The number of hydrogen-bond donors (Lipinski definition) is 0. The Kier molecular flexibility index (Phi) is 3.13. The summed E-state index contributed by atoms with van der Waals surface area (Å²) in [5, 5.41) is 0. The van der Waals surface area contributed by atoms with Crippen molar-refractivity contribution in [3.8, 4) is 0 Å². The first-order valence-electron chi connectivity index (χ1n) is 7.12. The van der Waals surface area contributed by atoms with Gasteiger partial charge in [-0.1, -0.05) is 6.42 Å². The molecule has 1 amide bonds. The van der Waals surface area contributed by atoms with Gasteiger partial charge in [-0.2, -0.15) is 0 Å². The molecule has 1 aromatic carbocycles. The summed E-state index contributed by atoms with van der Waals surface area (Å²) in [6, 6.07) is 5.74. The van der Waals surface area contributed by atoms with Gasteiger partial charge in [0.2, 0.25) is 5.91 Å². The van der Waals surface area contributed by atoms with Gasteiger partial charge in [-0.25, -0.2) is 0 Å². The van der Waals surface area contributed by atoms with E-state index in [0.717, 1.165) is 49.0 Å². The van der Waals surface area contributed by atoms with Crippen molar-refractivity contribution >= 4 is 17.4 Å². The van der Waals surface area contributed by atoms with Gasteiger partial charge >= 0.3 is 0 Å². The first-order valence-corrected chi connectivity index (χ1v) is 7.12. The van der Waals surface area contributed by atoms with Crippen molar-refractivity contribution < 1.29 is 9.59 Å². The molecule has 3 rings (SSSR count). The summed E-state index contributed by atoms with van der Waals surface area (Å²) in [7, 11) is 0. The highest BCUT2D eigenvalue weighted by molar-refractivity contribution is 5.98. The molecule has 1 aliphatic carbocycles. The number of hydrogen-bond acceptors (Lipinski definition) is 2. The number of carbonyl (C=O) groups excluding carboxylic acids is 2. The predicted molar refractivity (Wildman–Crippen MR) is 74.5 cm³/mol. The van der Waals surface area contributed by atoms with E-state index in [1.54, 1.807) is 6.92 Å². The lowest BCUT2D eigenvalue weighted by molar-refractivity contribution is -0.124. The average molecular weight is 257 g/mol. The molecule has 1 fully saturated rings. The van der Waals surface area contributed by atoms with E-state index in [1.165, 1.54) is 6.42 Å². The van der Waals surface area contributed by atoms with Crippen LogP contribution in [0.15, 0.2) is 18.2 Å². The number of benzene rings is 1. The van der Waals surface area contributed by atoms with Crippen molar-refractivity contribution in [3.05, 3.63) is 29.3 Å². The lowest BCUT2D eigenvalue weighted by Gasteiger charge is -2.35. The van der Waals surface area contributed by atoms with Gasteiger partial charge in [0.1, 0.15) is 0 Å². The maximum absolute atomic E-state index is 12.4. The fourth-order valence-electron chi connectivity index (χ4n) is 2.92. The van der Waals surface area contributed by atoms with Crippen LogP contribution in [0.4, 0.5) is 5.69 Å². The summed E-state index contributed by atoms with van der Waals surface area (Å²) in [5.41, 5.74) is 2.91. The van der Waals surface area contributed by atoms with Crippen LogP contribution < -0.4 is 4.90 Å². The number of amides is 1. The third-order valence-corrected chi connectivity index (χ3v) is 4.33. The summed E-state index contributed by atoms with van der Waals surface area (Å²) >= 11 is 0. The summed E-state index contributed by atoms with van der Waals surface area (Å²) in [5.74, 6) is 0.603. The zero-order valence-corrected chi connectivity index (χ0v) is 11.3. The number of Topliss-reactive ketones (excluding diaryl/α,β-unsaturated/α-hetero) is 1. The minimum absolute atomic E-state index is 0.0882. The van der Waals surface area contributed by atoms with E-state index >= 15 is 0 Å². The number of rotatable bonds is 2. The van der Waals surface area contributed by atoms with Crippen LogP contribution in [0.3, 0.4) is 0 Å². The van der Waals surface area contributed by atoms with Crippen LogP contribution in [0, 0.1) is 5.92 Å². The Bertz CT molecular complexity index is 532. The normalized spacial score (nSPS) is 18.7. The minimum atomic E-state index is 0.0882. The average Bonchev–Trinajstić information content (AvgIpc) is 2.35. The molecular weight excluding hydrogens is 238 g/mol. The highest BCUT2D eigenvalue weighted by atomic mass is 16.2. The molecule has 1 saturated carbocycles. The number of aryl methyl sites for hydroxylation is 1. The molecule has 0 radical (unpaired) electrons. The van der Waals surface area contributed by atoms with Crippen LogP contribution in [0.25, 0.3) is 0 Å². The predicted octanol–water partition coefficient (Wildman–Crippen LogP) is 2.97. The third kappa shape index (κ3) is 2.18. The fraction of sp³-hybridized carbons (Fsp3) is 0.500. The molecule has 3 heteroatoms. The molecule has 0 unspecified atom stereocenters. The van der Waals surface area contributed by atoms with E-state index in [2.05, 4.69) is 0 Å². The Morgan fingerprint density at radius 3 is 2.63 bits per heavy atom. The Morgan fingerprint density at radius 1 is 1.21 bits per heavy atom. The van der Waals surface area contributed by atoms with Crippen molar-refractivity contribution in [1.29, 1.82) is 0 Å². The lowest BCUT2D eigenvalue weighted by atomic mass is 9.83. The number of nitrogens with zero attached hydrogens (tertiary/aromatic N) is 1. The van der Waals surface area contributed by atoms with E-state index in [0.29, 0.717) is 0 Å². The highest BCUT2D eigenvalue weighted by Gasteiger charge is 2.32. The third-order valence-electron chi connectivity index (χ3n) is 4.33. The second kappa shape index (κ2) is 4.80. The molecule has 100 valence electrons. The highest BCUT2D eigenvalue weighted by Crippen LogP contribution is 2.34. The summed E-state index contributed by atoms with van der Waals surface area (Å²) in [6.07, 6.45) is 5.21. The Morgan fingerprint density at radius 2 is 2.00 bits per heavy atom. The van der Waals surface area contributed by atoms with E-state index in [9.17, 15) is 9.59 Å². The van der Waals surface area contributed by atoms with Gasteiger partial charge < -0.3 is 4.90 Å². The molecule has 2 aliphatic rings. The quantitative estimate of drug-likeness (QED) is 0.764. The Labute approximate surface area is 113 Å². The van der Waals surface area contributed by atoms with E-state index in [4.69, 9.17) is 0 Å². The molecular formula is C16H19NO2. The molecule has 3 nitrogen and oxygen atoms in total. The van der Waals surface area contributed by atoms with E-state index < -0.39 is 0 Å². The van der Waals surface area contributed by atoms with Crippen LogP contribution in [0.2, 0.25) is 0 Å². The lowest BCUT2D eigenvalue weighted by Crippen LogP contribution is -2.41. The molecule has 0 N–H and O–H groups in total. The van der Waals surface area contributed by atoms with Crippen molar-refractivity contribution in [1.82, 2.24) is 0 Å². The van der Waals surface area contributed by atoms with Gasteiger partial charge in [0, 0.05) is 23.7 Å². The maximum Gasteiger partial charge on any atom is 0.230 e. The van der Waals surface area contributed by atoms with Gasteiger partial charge in [0.25, 0.3) is 0 Å². The van der Waals surface area contributed by atoms with E-state index in [1.807, 2.05) is 23.1 Å². The molecule has 0 atom stereocenters. The van der Waals surface area contributed by atoms with Crippen LogP contribution in [0.1, 0.15) is 48.5 Å². The zero-order chi connectivity index (χ0) is 13.4. The van der Waals surface area contributed by atoms with Crippen molar-refractivity contribution in [2.45, 2.75) is 39.0 Å². The molecule has 0 bridgehead atoms.